The molecular formula is C13H15N5O. The molecule has 0 saturated carbocycles. The van der Waals surface area contributed by atoms with E-state index in [0.29, 0.717) is 18.4 Å². The third-order valence-electron chi connectivity index (χ3n) is 3.13. The van der Waals surface area contributed by atoms with Crippen LogP contribution in [-0.2, 0) is 0 Å². The molecule has 2 aromatic heterocycles. The van der Waals surface area contributed by atoms with Crippen molar-refractivity contribution in [3.05, 3.63) is 37.1 Å². The molecule has 0 N–H and O–H groups in total. The van der Waals surface area contributed by atoms with Gasteiger partial charge in [-0.2, -0.15) is 0 Å². The van der Waals surface area contributed by atoms with E-state index < -0.39 is 0 Å². The molecule has 0 radical (unpaired) electrons. The Morgan fingerprint density at radius 1 is 1.16 bits per heavy atom. The van der Waals surface area contributed by atoms with Crippen LogP contribution >= 0.6 is 0 Å². The van der Waals surface area contributed by atoms with Crippen molar-refractivity contribution in [2.45, 2.75) is 6.42 Å². The molecule has 1 aliphatic heterocycles. The molecule has 6 heteroatoms. The molecule has 0 amide bonds. The summed E-state index contributed by atoms with van der Waals surface area (Å²) >= 11 is 0. The molecule has 0 spiro atoms. The first-order valence-corrected chi connectivity index (χ1v) is 6.32. The summed E-state index contributed by atoms with van der Waals surface area (Å²) in [5, 5.41) is 0. The minimum Gasteiger partial charge on any atom is -0.476 e. The Bertz CT molecular complexity index is 507. The van der Waals surface area contributed by atoms with Crippen molar-refractivity contribution in [1.82, 2.24) is 19.9 Å². The maximum Gasteiger partial charge on any atom is 0.232 e. The van der Waals surface area contributed by atoms with E-state index >= 15 is 0 Å². The van der Waals surface area contributed by atoms with Crippen LogP contribution in [0.5, 0.6) is 5.88 Å². The van der Waals surface area contributed by atoms with Crippen LogP contribution in [0, 0.1) is 5.92 Å². The van der Waals surface area contributed by atoms with Gasteiger partial charge < -0.3 is 9.64 Å². The molecule has 1 fully saturated rings. The molecule has 0 bridgehead atoms. The maximum absolute atomic E-state index is 5.63. The van der Waals surface area contributed by atoms with Crippen LogP contribution in [0.2, 0.25) is 0 Å². The lowest BCUT2D eigenvalue weighted by Gasteiger charge is -2.15. The van der Waals surface area contributed by atoms with E-state index in [4.69, 9.17) is 4.74 Å². The highest BCUT2D eigenvalue weighted by atomic mass is 16.5. The molecule has 3 rings (SSSR count). The topological polar surface area (TPSA) is 64.0 Å². The molecule has 2 aromatic rings. The van der Waals surface area contributed by atoms with Gasteiger partial charge in [-0.15, -0.1) is 0 Å². The van der Waals surface area contributed by atoms with Gasteiger partial charge in [-0.05, 0) is 12.5 Å². The van der Waals surface area contributed by atoms with Gasteiger partial charge in [-0.25, -0.2) is 15.0 Å². The summed E-state index contributed by atoms with van der Waals surface area (Å²) in [7, 11) is 0. The fourth-order valence-corrected chi connectivity index (χ4v) is 2.17. The number of aromatic nitrogens is 4. The summed E-state index contributed by atoms with van der Waals surface area (Å²) in [6.45, 7) is 2.55. The predicted octanol–water partition coefficient (Wildman–Crippen LogP) is 1.17. The second kappa shape index (κ2) is 5.60. The molecule has 1 aliphatic rings. The highest BCUT2D eigenvalue weighted by Gasteiger charge is 2.24. The van der Waals surface area contributed by atoms with Crippen molar-refractivity contribution in [3.63, 3.8) is 0 Å². The highest BCUT2D eigenvalue weighted by Crippen LogP contribution is 2.20. The van der Waals surface area contributed by atoms with Gasteiger partial charge in [0.2, 0.25) is 11.8 Å². The third kappa shape index (κ3) is 2.96. The summed E-state index contributed by atoms with van der Waals surface area (Å²) < 4.78 is 5.63. The fourth-order valence-electron chi connectivity index (χ4n) is 2.17. The first-order chi connectivity index (χ1) is 9.42. The first kappa shape index (κ1) is 11.8. The highest BCUT2D eigenvalue weighted by molar-refractivity contribution is 5.30. The molecular weight excluding hydrogens is 242 g/mol. The van der Waals surface area contributed by atoms with E-state index in [1.807, 2.05) is 6.07 Å². The van der Waals surface area contributed by atoms with Crippen molar-refractivity contribution in [3.8, 4) is 5.88 Å². The van der Waals surface area contributed by atoms with E-state index in [-0.39, 0.29) is 0 Å². The number of hydrogen-bond donors (Lipinski definition) is 0. The Morgan fingerprint density at radius 2 is 2.05 bits per heavy atom. The average molecular weight is 257 g/mol. The van der Waals surface area contributed by atoms with Gasteiger partial charge in [0.1, 0.15) is 0 Å². The van der Waals surface area contributed by atoms with E-state index in [1.54, 1.807) is 31.0 Å². The summed E-state index contributed by atoms with van der Waals surface area (Å²) in [5.41, 5.74) is 0. The molecule has 0 aromatic carbocycles. The van der Waals surface area contributed by atoms with Crippen LogP contribution in [0.15, 0.2) is 37.1 Å². The van der Waals surface area contributed by atoms with E-state index in [0.717, 1.165) is 25.5 Å². The Morgan fingerprint density at radius 3 is 2.84 bits per heavy atom. The van der Waals surface area contributed by atoms with Crippen LogP contribution in [0.3, 0.4) is 0 Å². The van der Waals surface area contributed by atoms with Gasteiger partial charge in [0.15, 0.2) is 0 Å². The van der Waals surface area contributed by atoms with Gasteiger partial charge >= 0.3 is 0 Å². The van der Waals surface area contributed by atoms with Gasteiger partial charge in [0.25, 0.3) is 0 Å². The van der Waals surface area contributed by atoms with Crippen LogP contribution in [0.1, 0.15) is 6.42 Å². The summed E-state index contributed by atoms with van der Waals surface area (Å²) in [5.74, 6) is 1.85. The molecule has 98 valence electrons. The Kier molecular flexibility index (Phi) is 3.49. The number of ether oxygens (including phenoxy) is 1. The van der Waals surface area contributed by atoms with Crippen molar-refractivity contribution < 1.29 is 4.74 Å². The SMILES string of the molecule is c1cnc(N2CCC(COc3cnccn3)C2)nc1. The van der Waals surface area contributed by atoms with Crippen LogP contribution < -0.4 is 9.64 Å². The van der Waals surface area contributed by atoms with Gasteiger partial charge in [0.05, 0.1) is 12.8 Å². The summed E-state index contributed by atoms with van der Waals surface area (Å²) in [4.78, 5) is 18.8. The third-order valence-corrected chi connectivity index (χ3v) is 3.13. The lowest BCUT2D eigenvalue weighted by Crippen LogP contribution is -2.23. The first-order valence-electron chi connectivity index (χ1n) is 6.32. The monoisotopic (exact) mass is 257 g/mol. The molecule has 1 saturated heterocycles. The van der Waals surface area contributed by atoms with Crippen molar-refractivity contribution in [2.24, 2.45) is 5.92 Å². The molecule has 1 unspecified atom stereocenters. The average Bonchev–Trinajstić information content (AvgIpc) is 2.96. The minimum atomic E-state index is 0.478. The molecule has 19 heavy (non-hydrogen) atoms. The lowest BCUT2D eigenvalue weighted by molar-refractivity contribution is 0.251. The minimum absolute atomic E-state index is 0.478. The summed E-state index contributed by atoms with van der Waals surface area (Å²) in [6.07, 6.45) is 9.52. The summed E-state index contributed by atoms with van der Waals surface area (Å²) in [6, 6.07) is 1.83. The molecule has 6 nitrogen and oxygen atoms in total. The van der Waals surface area contributed by atoms with Crippen LogP contribution in [-0.4, -0.2) is 39.6 Å². The van der Waals surface area contributed by atoms with E-state index in [1.165, 1.54) is 0 Å². The van der Waals surface area contributed by atoms with Crippen LogP contribution in [0.25, 0.3) is 0 Å². The zero-order chi connectivity index (χ0) is 12.9. The second-order valence-corrected chi connectivity index (χ2v) is 4.50. The predicted molar refractivity (Wildman–Crippen MR) is 69.9 cm³/mol. The van der Waals surface area contributed by atoms with E-state index in [9.17, 15) is 0 Å². The molecule has 0 aliphatic carbocycles. The normalized spacial score (nSPS) is 18.5. The standard InChI is InChI=1S/C13H15N5O/c1-3-16-13(17-4-1)18-7-2-11(9-18)10-19-12-8-14-5-6-15-12/h1,3-6,8,11H,2,7,9-10H2. The molecule has 1 atom stereocenters. The quantitative estimate of drug-likeness (QED) is 0.819. The lowest BCUT2D eigenvalue weighted by atomic mass is 10.1. The number of anilines is 1. The Hall–Kier alpha value is -2.24. The zero-order valence-corrected chi connectivity index (χ0v) is 10.5. The van der Waals surface area contributed by atoms with Gasteiger partial charge in [0, 0.05) is 43.8 Å². The Labute approximate surface area is 111 Å². The zero-order valence-electron chi connectivity index (χ0n) is 10.5. The number of nitrogens with zero attached hydrogens (tertiary/aromatic N) is 5. The van der Waals surface area contributed by atoms with E-state index in [2.05, 4.69) is 24.8 Å². The van der Waals surface area contributed by atoms with Crippen LogP contribution in [0.4, 0.5) is 5.95 Å². The smallest absolute Gasteiger partial charge is 0.232 e. The largest absolute Gasteiger partial charge is 0.476 e. The number of hydrogen-bond acceptors (Lipinski definition) is 6. The number of rotatable bonds is 4. The second-order valence-electron chi connectivity index (χ2n) is 4.50. The molecule has 3 heterocycles. The van der Waals surface area contributed by atoms with Gasteiger partial charge in [-0.3, -0.25) is 4.98 Å². The fraction of sp³-hybridized carbons (Fsp3) is 0.385. The van der Waals surface area contributed by atoms with Crippen molar-refractivity contribution >= 4 is 5.95 Å². The Balaban J connectivity index is 1.52. The van der Waals surface area contributed by atoms with Crippen molar-refractivity contribution in [1.29, 1.82) is 0 Å². The van der Waals surface area contributed by atoms with Gasteiger partial charge in [-0.1, -0.05) is 0 Å². The van der Waals surface area contributed by atoms with Crippen molar-refractivity contribution in [2.75, 3.05) is 24.6 Å². The maximum atomic E-state index is 5.63.